The second kappa shape index (κ2) is 8.47. The summed E-state index contributed by atoms with van der Waals surface area (Å²) in [6.45, 7) is 3.52. The molecule has 0 spiro atoms. The summed E-state index contributed by atoms with van der Waals surface area (Å²) in [5, 5.41) is 1.40. The molecule has 1 saturated heterocycles. The molecule has 0 radical (unpaired) electrons. The lowest BCUT2D eigenvalue weighted by atomic mass is 10.1. The van der Waals surface area contributed by atoms with Crippen molar-refractivity contribution < 1.29 is 19.0 Å². The van der Waals surface area contributed by atoms with Crippen LogP contribution in [0.15, 0.2) is 42.7 Å². The average Bonchev–Trinajstić information content (AvgIpc) is 2.82. The van der Waals surface area contributed by atoms with E-state index < -0.39 is 0 Å². The number of anilines is 1. The van der Waals surface area contributed by atoms with Crippen LogP contribution in [0.5, 0.6) is 17.2 Å². The minimum Gasteiger partial charge on any atom is -0.486 e. The van der Waals surface area contributed by atoms with Crippen molar-refractivity contribution in [3.63, 3.8) is 0 Å². The summed E-state index contributed by atoms with van der Waals surface area (Å²) in [6.07, 6.45) is 1.56. The van der Waals surface area contributed by atoms with E-state index in [1.54, 1.807) is 23.4 Å². The van der Waals surface area contributed by atoms with Gasteiger partial charge in [-0.3, -0.25) is 4.79 Å². The van der Waals surface area contributed by atoms with Crippen molar-refractivity contribution in [2.75, 3.05) is 50.9 Å². The first kappa shape index (κ1) is 19.7. The molecule has 9 heteroatoms. The zero-order chi connectivity index (χ0) is 21.2. The van der Waals surface area contributed by atoms with Crippen LogP contribution in [-0.4, -0.2) is 66.8 Å². The van der Waals surface area contributed by atoms with Crippen LogP contribution >= 0.6 is 11.6 Å². The molecule has 0 N–H and O–H groups in total. The average molecular weight is 441 g/mol. The van der Waals surface area contributed by atoms with Crippen molar-refractivity contribution in [2.24, 2.45) is 0 Å². The number of benzene rings is 2. The molecule has 5 rings (SSSR count). The van der Waals surface area contributed by atoms with E-state index in [4.69, 9.17) is 25.8 Å². The van der Waals surface area contributed by atoms with Crippen molar-refractivity contribution in [3.8, 4) is 17.2 Å². The van der Waals surface area contributed by atoms with Crippen LogP contribution in [0.1, 0.15) is 0 Å². The third kappa shape index (κ3) is 4.03. The number of carbonyl (C=O) groups is 1. The number of halogens is 1. The first-order valence-electron chi connectivity index (χ1n) is 10.1. The predicted octanol–water partition coefficient (Wildman–Crippen LogP) is 2.78. The summed E-state index contributed by atoms with van der Waals surface area (Å²) < 4.78 is 17.0. The Morgan fingerprint density at radius 2 is 1.77 bits per heavy atom. The molecule has 2 aromatic carbocycles. The van der Waals surface area contributed by atoms with Crippen molar-refractivity contribution in [1.82, 2.24) is 14.9 Å². The number of ether oxygens (including phenoxy) is 3. The lowest BCUT2D eigenvalue weighted by molar-refractivity contribution is -0.133. The molecule has 1 fully saturated rings. The molecular formula is C22H21ClN4O4. The highest BCUT2D eigenvalue weighted by atomic mass is 35.5. The molecule has 8 nitrogen and oxygen atoms in total. The Morgan fingerprint density at radius 3 is 2.55 bits per heavy atom. The van der Waals surface area contributed by atoms with Gasteiger partial charge in [0, 0.05) is 37.6 Å². The molecule has 0 aliphatic carbocycles. The topological polar surface area (TPSA) is 77.0 Å². The maximum atomic E-state index is 12.6. The summed E-state index contributed by atoms with van der Waals surface area (Å²) in [7, 11) is 0. The van der Waals surface area contributed by atoms with Gasteiger partial charge < -0.3 is 24.0 Å². The number of carbonyl (C=O) groups excluding carboxylic acids is 1. The van der Waals surface area contributed by atoms with Crippen molar-refractivity contribution in [1.29, 1.82) is 0 Å². The quantitative estimate of drug-likeness (QED) is 0.617. The monoisotopic (exact) mass is 440 g/mol. The van der Waals surface area contributed by atoms with Crippen molar-refractivity contribution in [3.05, 3.63) is 47.7 Å². The van der Waals surface area contributed by atoms with E-state index in [2.05, 4.69) is 14.9 Å². The zero-order valence-electron chi connectivity index (χ0n) is 16.8. The summed E-state index contributed by atoms with van der Waals surface area (Å²) in [6, 6.07) is 11.0. The van der Waals surface area contributed by atoms with Crippen LogP contribution in [0, 0.1) is 0 Å². The maximum absolute atomic E-state index is 12.6. The van der Waals surface area contributed by atoms with Crippen LogP contribution < -0.4 is 19.1 Å². The third-order valence-corrected chi connectivity index (χ3v) is 5.71. The summed E-state index contributed by atoms with van der Waals surface area (Å²) in [5.41, 5.74) is 0.806. The Hall–Kier alpha value is -3.26. The number of piperazine rings is 1. The fourth-order valence-electron chi connectivity index (χ4n) is 3.79. The molecule has 2 aliphatic heterocycles. The molecule has 160 valence electrons. The van der Waals surface area contributed by atoms with Crippen LogP contribution in [0.2, 0.25) is 5.02 Å². The number of hydrogen-bond donors (Lipinski definition) is 0. The fourth-order valence-corrected chi connectivity index (χ4v) is 3.98. The van der Waals surface area contributed by atoms with Crippen molar-refractivity contribution >= 4 is 34.2 Å². The maximum Gasteiger partial charge on any atom is 0.260 e. The number of amides is 1. The van der Waals surface area contributed by atoms with E-state index >= 15 is 0 Å². The van der Waals surface area contributed by atoms with Gasteiger partial charge in [-0.1, -0.05) is 23.7 Å². The first-order valence-corrected chi connectivity index (χ1v) is 10.5. The van der Waals surface area contributed by atoms with Gasteiger partial charge in [0.2, 0.25) is 0 Å². The fraction of sp³-hybridized carbons (Fsp3) is 0.318. The summed E-state index contributed by atoms with van der Waals surface area (Å²) in [4.78, 5) is 25.4. The zero-order valence-corrected chi connectivity index (χ0v) is 17.5. The molecule has 1 aromatic heterocycles. The van der Waals surface area contributed by atoms with Crippen LogP contribution in [0.3, 0.4) is 0 Å². The smallest absolute Gasteiger partial charge is 0.260 e. The molecule has 31 heavy (non-hydrogen) atoms. The van der Waals surface area contributed by atoms with Gasteiger partial charge in [-0.05, 0) is 18.2 Å². The number of nitrogens with zero attached hydrogens (tertiary/aromatic N) is 4. The molecule has 0 saturated carbocycles. The summed E-state index contributed by atoms with van der Waals surface area (Å²) in [5.74, 6) is 2.70. The van der Waals surface area contributed by atoms with Crippen molar-refractivity contribution in [2.45, 2.75) is 0 Å². The SMILES string of the molecule is O=C(COc1ccccc1Cl)N1CCN(c2ncnc3cc4c(cc23)OCCO4)CC1. The number of fused-ring (bicyclic) bond motifs is 2. The van der Waals surface area contributed by atoms with E-state index in [-0.39, 0.29) is 12.5 Å². The molecule has 3 aromatic rings. The summed E-state index contributed by atoms with van der Waals surface area (Å²) >= 11 is 6.09. The number of para-hydroxylation sites is 1. The Balaban J connectivity index is 1.26. The largest absolute Gasteiger partial charge is 0.486 e. The van der Waals surface area contributed by atoms with Gasteiger partial charge in [0.25, 0.3) is 5.91 Å². The third-order valence-electron chi connectivity index (χ3n) is 5.40. The Kier molecular flexibility index (Phi) is 5.38. The Bertz CT molecular complexity index is 1120. The van der Waals surface area contributed by atoms with E-state index in [0.29, 0.717) is 61.7 Å². The normalized spacial score (nSPS) is 15.8. The number of rotatable bonds is 4. The molecule has 2 aliphatic rings. The molecule has 0 unspecified atom stereocenters. The Morgan fingerprint density at radius 1 is 1.03 bits per heavy atom. The standard InChI is InChI=1S/C22H21ClN4O4/c23-16-3-1-2-4-18(16)31-13-21(28)26-5-7-27(8-6-26)22-15-11-19-20(30-10-9-29-19)12-17(15)24-14-25-22/h1-4,11-12,14H,5-10,13H2. The van der Waals surface area contributed by atoms with Gasteiger partial charge in [0.05, 0.1) is 10.5 Å². The molecular weight excluding hydrogens is 420 g/mol. The van der Waals surface area contributed by atoms with Crippen LogP contribution in [0.25, 0.3) is 10.9 Å². The van der Waals surface area contributed by atoms with Gasteiger partial charge in [0.1, 0.15) is 31.1 Å². The highest BCUT2D eigenvalue weighted by Gasteiger charge is 2.24. The van der Waals surface area contributed by atoms with E-state index in [1.165, 1.54) is 0 Å². The van der Waals surface area contributed by atoms with Crippen LogP contribution in [-0.2, 0) is 4.79 Å². The number of aromatic nitrogens is 2. The molecule has 1 amide bonds. The lowest BCUT2D eigenvalue weighted by Crippen LogP contribution is -2.50. The van der Waals surface area contributed by atoms with Gasteiger partial charge in [0.15, 0.2) is 18.1 Å². The second-order valence-electron chi connectivity index (χ2n) is 7.30. The molecule has 0 atom stereocenters. The van der Waals surface area contributed by atoms with E-state index in [9.17, 15) is 4.79 Å². The van der Waals surface area contributed by atoms with E-state index in [0.717, 1.165) is 16.7 Å². The minimum absolute atomic E-state index is 0.0380. The molecule has 0 bridgehead atoms. The Labute approximate surface area is 184 Å². The molecule has 3 heterocycles. The van der Waals surface area contributed by atoms with Crippen LogP contribution in [0.4, 0.5) is 5.82 Å². The first-order chi connectivity index (χ1) is 15.2. The second-order valence-corrected chi connectivity index (χ2v) is 7.70. The van der Waals surface area contributed by atoms with Gasteiger partial charge in [-0.25, -0.2) is 9.97 Å². The predicted molar refractivity (Wildman–Crippen MR) is 116 cm³/mol. The minimum atomic E-state index is -0.0632. The highest BCUT2D eigenvalue weighted by molar-refractivity contribution is 6.32. The van der Waals surface area contributed by atoms with Gasteiger partial charge >= 0.3 is 0 Å². The van der Waals surface area contributed by atoms with Gasteiger partial charge in [-0.15, -0.1) is 0 Å². The lowest BCUT2D eigenvalue weighted by Gasteiger charge is -2.35. The van der Waals surface area contributed by atoms with E-state index in [1.807, 2.05) is 24.3 Å². The highest BCUT2D eigenvalue weighted by Crippen LogP contribution is 2.36. The van der Waals surface area contributed by atoms with Gasteiger partial charge in [-0.2, -0.15) is 0 Å². The number of hydrogen-bond acceptors (Lipinski definition) is 7.